The van der Waals surface area contributed by atoms with Crippen LogP contribution in [0.15, 0.2) is 12.3 Å². The van der Waals surface area contributed by atoms with Crippen LogP contribution in [0.2, 0.25) is 0 Å². The fraction of sp³-hybridized carbons (Fsp3) is 0.615. The minimum absolute atomic E-state index is 0.801. The summed E-state index contributed by atoms with van der Waals surface area (Å²) in [7, 11) is 1.67. The van der Waals surface area contributed by atoms with Gasteiger partial charge in [0.2, 0.25) is 0 Å². The zero-order chi connectivity index (χ0) is 12.7. The largest absolute Gasteiger partial charge is 0.493 e. The summed E-state index contributed by atoms with van der Waals surface area (Å²) in [5.74, 6) is 0.801. The molecule has 4 heteroatoms. The van der Waals surface area contributed by atoms with E-state index in [0.29, 0.717) is 0 Å². The predicted molar refractivity (Wildman–Crippen MR) is 71.8 cm³/mol. The molecule has 1 aromatic heterocycles. The Morgan fingerprint density at radius 1 is 1.35 bits per heavy atom. The molecule has 0 atom stereocenters. The molecular formula is C13H23N3O. The Morgan fingerprint density at radius 3 is 2.65 bits per heavy atom. The number of hydrogen-bond acceptors (Lipinski definition) is 4. The van der Waals surface area contributed by atoms with Crippen molar-refractivity contribution in [3.8, 4) is 5.75 Å². The van der Waals surface area contributed by atoms with Crippen molar-refractivity contribution in [2.45, 2.75) is 20.8 Å². The smallest absolute Gasteiger partial charge is 0.160 e. The van der Waals surface area contributed by atoms with E-state index in [0.717, 1.165) is 43.3 Å². The minimum atomic E-state index is 0.801. The lowest BCUT2D eigenvalue weighted by Crippen LogP contribution is -2.28. The molecule has 1 N–H and O–H groups in total. The van der Waals surface area contributed by atoms with E-state index in [-0.39, 0.29) is 0 Å². The molecule has 0 fully saturated rings. The van der Waals surface area contributed by atoms with Gasteiger partial charge in [0.15, 0.2) is 5.75 Å². The molecular weight excluding hydrogens is 214 g/mol. The van der Waals surface area contributed by atoms with Crippen LogP contribution in [-0.4, -0.2) is 43.2 Å². The molecule has 0 amide bonds. The maximum Gasteiger partial charge on any atom is 0.160 e. The Hall–Kier alpha value is -1.29. The Bertz CT molecular complexity index is 337. The number of aryl methyl sites for hydroxylation is 1. The van der Waals surface area contributed by atoms with Crippen molar-refractivity contribution >= 4 is 5.69 Å². The van der Waals surface area contributed by atoms with Crippen LogP contribution in [0.25, 0.3) is 0 Å². The molecule has 1 heterocycles. The van der Waals surface area contributed by atoms with Crippen LogP contribution in [-0.2, 0) is 0 Å². The number of nitrogens with zero attached hydrogens (tertiary/aromatic N) is 2. The number of methoxy groups -OCH3 is 1. The van der Waals surface area contributed by atoms with E-state index in [9.17, 15) is 0 Å². The summed E-state index contributed by atoms with van der Waals surface area (Å²) in [5, 5.41) is 3.40. The molecule has 0 saturated heterocycles. The summed E-state index contributed by atoms with van der Waals surface area (Å²) in [6.07, 6.45) is 1.76. The van der Waals surface area contributed by atoms with Gasteiger partial charge in [0.25, 0.3) is 0 Å². The molecule has 1 aromatic rings. The molecule has 0 unspecified atom stereocenters. The van der Waals surface area contributed by atoms with Crippen LogP contribution in [0.3, 0.4) is 0 Å². The Kier molecular flexibility index (Phi) is 5.77. The number of pyridine rings is 1. The number of aromatic nitrogens is 1. The third kappa shape index (κ3) is 4.23. The highest BCUT2D eigenvalue weighted by Gasteiger charge is 2.04. The van der Waals surface area contributed by atoms with E-state index in [1.807, 2.05) is 13.0 Å². The van der Waals surface area contributed by atoms with Crippen LogP contribution in [0.1, 0.15) is 19.5 Å². The van der Waals surface area contributed by atoms with Crippen molar-refractivity contribution in [1.29, 1.82) is 0 Å². The van der Waals surface area contributed by atoms with Crippen LogP contribution >= 0.6 is 0 Å². The molecule has 96 valence electrons. The molecule has 0 aliphatic heterocycles. The van der Waals surface area contributed by atoms with E-state index in [4.69, 9.17) is 4.74 Å². The number of nitrogens with one attached hydrogen (secondary N) is 1. The standard InChI is InChI=1S/C13H23N3O/c1-5-16(6-2)8-7-14-12-9-11(3)15-10-13(12)17-4/h9-10H,5-8H2,1-4H3,(H,14,15). The van der Waals surface area contributed by atoms with Crippen molar-refractivity contribution in [3.05, 3.63) is 18.0 Å². The van der Waals surface area contributed by atoms with Gasteiger partial charge in [-0.1, -0.05) is 13.8 Å². The highest BCUT2D eigenvalue weighted by Crippen LogP contribution is 2.22. The molecule has 17 heavy (non-hydrogen) atoms. The van der Waals surface area contributed by atoms with Gasteiger partial charge in [-0.05, 0) is 26.1 Å². The van der Waals surface area contributed by atoms with Crippen LogP contribution < -0.4 is 10.1 Å². The van der Waals surface area contributed by atoms with Crippen molar-refractivity contribution in [2.24, 2.45) is 0 Å². The number of likely N-dealkylation sites (N-methyl/N-ethyl adjacent to an activating group) is 1. The topological polar surface area (TPSA) is 37.4 Å². The molecule has 0 aromatic carbocycles. The lowest BCUT2D eigenvalue weighted by Gasteiger charge is -2.19. The lowest BCUT2D eigenvalue weighted by atomic mass is 10.3. The van der Waals surface area contributed by atoms with Gasteiger partial charge in [0, 0.05) is 18.8 Å². The van der Waals surface area contributed by atoms with Gasteiger partial charge in [-0.2, -0.15) is 0 Å². The van der Waals surface area contributed by atoms with Gasteiger partial charge < -0.3 is 15.0 Å². The van der Waals surface area contributed by atoms with Crippen LogP contribution in [0, 0.1) is 6.92 Å². The maximum absolute atomic E-state index is 5.27. The number of rotatable bonds is 7. The third-order valence-corrected chi connectivity index (χ3v) is 2.86. The van der Waals surface area contributed by atoms with Crippen LogP contribution in [0.5, 0.6) is 5.75 Å². The molecule has 0 saturated carbocycles. The van der Waals surface area contributed by atoms with Crippen molar-refractivity contribution in [3.63, 3.8) is 0 Å². The summed E-state index contributed by atoms with van der Waals surface area (Å²) in [6, 6.07) is 2.01. The number of ether oxygens (including phenoxy) is 1. The first-order valence-corrected chi connectivity index (χ1v) is 6.18. The molecule has 0 spiro atoms. The first-order valence-electron chi connectivity index (χ1n) is 6.18. The van der Waals surface area contributed by atoms with Gasteiger partial charge in [0.05, 0.1) is 19.0 Å². The minimum Gasteiger partial charge on any atom is -0.493 e. The normalized spacial score (nSPS) is 10.6. The first kappa shape index (κ1) is 13.8. The second-order valence-electron chi connectivity index (χ2n) is 3.98. The zero-order valence-corrected chi connectivity index (χ0v) is 11.3. The third-order valence-electron chi connectivity index (χ3n) is 2.86. The second-order valence-corrected chi connectivity index (χ2v) is 3.98. The summed E-state index contributed by atoms with van der Waals surface area (Å²) in [5.41, 5.74) is 2.02. The van der Waals surface area contributed by atoms with Gasteiger partial charge >= 0.3 is 0 Å². The average Bonchev–Trinajstić information content (AvgIpc) is 2.35. The SMILES string of the molecule is CCN(CC)CCNc1cc(C)ncc1OC. The van der Waals surface area contributed by atoms with Crippen molar-refractivity contribution in [2.75, 3.05) is 38.6 Å². The predicted octanol–water partition coefficient (Wildman–Crippen LogP) is 2.15. The Labute approximate surface area is 104 Å². The Balaban J connectivity index is 2.53. The van der Waals surface area contributed by atoms with E-state index < -0.39 is 0 Å². The molecule has 1 rings (SSSR count). The Morgan fingerprint density at radius 2 is 2.06 bits per heavy atom. The average molecular weight is 237 g/mol. The van der Waals surface area contributed by atoms with E-state index in [1.54, 1.807) is 13.3 Å². The first-order chi connectivity index (χ1) is 8.21. The van der Waals surface area contributed by atoms with Crippen molar-refractivity contribution < 1.29 is 4.74 Å². The highest BCUT2D eigenvalue weighted by molar-refractivity contribution is 5.55. The van der Waals surface area contributed by atoms with Gasteiger partial charge in [-0.25, -0.2) is 0 Å². The van der Waals surface area contributed by atoms with Gasteiger partial charge in [-0.15, -0.1) is 0 Å². The zero-order valence-electron chi connectivity index (χ0n) is 11.3. The van der Waals surface area contributed by atoms with E-state index in [2.05, 4.69) is 29.0 Å². The monoisotopic (exact) mass is 237 g/mol. The van der Waals surface area contributed by atoms with E-state index >= 15 is 0 Å². The molecule has 0 aliphatic carbocycles. The number of anilines is 1. The number of hydrogen-bond donors (Lipinski definition) is 1. The molecule has 4 nitrogen and oxygen atoms in total. The maximum atomic E-state index is 5.27. The van der Waals surface area contributed by atoms with Crippen LogP contribution in [0.4, 0.5) is 5.69 Å². The molecule has 0 aliphatic rings. The molecule has 0 radical (unpaired) electrons. The van der Waals surface area contributed by atoms with Gasteiger partial charge in [-0.3, -0.25) is 4.98 Å². The fourth-order valence-electron chi connectivity index (χ4n) is 1.74. The summed E-state index contributed by atoms with van der Waals surface area (Å²) in [6.45, 7) is 10.5. The van der Waals surface area contributed by atoms with E-state index in [1.165, 1.54) is 0 Å². The summed E-state index contributed by atoms with van der Waals surface area (Å²) < 4.78 is 5.27. The van der Waals surface area contributed by atoms with Gasteiger partial charge in [0.1, 0.15) is 0 Å². The quantitative estimate of drug-likeness (QED) is 0.788. The molecule has 0 bridgehead atoms. The van der Waals surface area contributed by atoms with Crippen molar-refractivity contribution in [1.82, 2.24) is 9.88 Å². The lowest BCUT2D eigenvalue weighted by molar-refractivity contribution is 0.315. The summed E-state index contributed by atoms with van der Waals surface area (Å²) in [4.78, 5) is 6.59. The second kappa shape index (κ2) is 7.12. The fourth-order valence-corrected chi connectivity index (χ4v) is 1.74. The summed E-state index contributed by atoms with van der Waals surface area (Å²) >= 11 is 0. The highest BCUT2D eigenvalue weighted by atomic mass is 16.5.